The Hall–Kier alpha value is -1.82. The van der Waals surface area contributed by atoms with Crippen molar-refractivity contribution in [1.29, 1.82) is 0 Å². The molecule has 3 N–H and O–H groups in total. The molecule has 0 aliphatic heterocycles. The maximum absolute atomic E-state index is 11.0. The second-order valence-electron chi connectivity index (χ2n) is 2.20. The molecule has 0 aliphatic rings. The third kappa shape index (κ3) is 2.96. The molecule has 2 amide bonds. The van der Waals surface area contributed by atoms with E-state index in [2.05, 4.69) is 9.25 Å². The molecule has 1 aromatic heterocycles. The number of amides is 2. The first-order valence-electron chi connectivity index (χ1n) is 3.43. The molecule has 0 aromatic carbocycles. The second kappa shape index (κ2) is 4.27. The number of furan rings is 1. The number of hydrogen-bond donors (Lipinski definition) is 2. The first-order chi connectivity index (χ1) is 6.20. The van der Waals surface area contributed by atoms with E-state index in [0.29, 0.717) is 5.56 Å². The van der Waals surface area contributed by atoms with Crippen LogP contribution in [0, 0.1) is 0 Å². The van der Waals surface area contributed by atoms with Gasteiger partial charge in [0.1, 0.15) is 6.26 Å². The zero-order valence-corrected chi connectivity index (χ0v) is 6.65. The minimum absolute atomic E-state index is 0.310. The van der Waals surface area contributed by atoms with Crippen molar-refractivity contribution in [2.75, 3.05) is 6.61 Å². The van der Waals surface area contributed by atoms with Crippen LogP contribution in [0.1, 0.15) is 10.4 Å². The van der Waals surface area contributed by atoms with E-state index in [1.54, 1.807) is 0 Å². The van der Waals surface area contributed by atoms with Crippen molar-refractivity contribution >= 4 is 11.8 Å². The fourth-order valence-corrected chi connectivity index (χ4v) is 0.625. The Morgan fingerprint density at radius 1 is 1.62 bits per heavy atom. The molecule has 6 nitrogen and oxygen atoms in total. The molecule has 13 heavy (non-hydrogen) atoms. The lowest BCUT2D eigenvalue weighted by Gasteiger charge is -2.00. The van der Waals surface area contributed by atoms with E-state index in [-0.39, 0.29) is 6.61 Å². The highest BCUT2D eigenvalue weighted by molar-refractivity contribution is 5.93. The van der Waals surface area contributed by atoms with Crippen molar-refractivity contribution in [3.05, 3.63) is 24.2 Å². The minimum atomic E-state index is -0.660. The molecule has 0 saturated carbocycles. The molecule has 0 aliphatic carbocycles. The monoisotopic (exact) mass is 184 g/mol. The lowest BCUT2D eigenvalue weighted by molar-refractivity contribution is -0.124. The van der Waals surface area contributed by atoms with Crippen LogP contribution >= 0.6 is 0 Å². The number of rotatable bonds is 4. The van der Waals surface area contributed by atoms with E-state index in [4.69, 9.17) is 5.73 Å². The van der Waals surface area contributed by atoms with Gasteiger partial charge in [-0.1, -0.05) is 0 Å². The molecule has 0 radical (unpaired) electrons. The summed E-state index contributed by atoms with van der Waals surface area (Å²) in [6.45, 7) is -0.358. The summed E-state index contributed by atoms with van der Waals surface area (Å²) in [7, 11) is 0. The van der Waals surface area contributed by atoms with Gasteiger partial charge >= 0.3 is 0 Å². The summed E-state index contributed by atoms with van der Waals surface area (Å²) in [6, 6.07) is 1.46. The third-order valence-electron chi connectivity index (χ3n) is 1.16. The van der Waals surface area contributed by atoms with Gasteiger partial charge in [0.2, 0.25) is 5.91 Å². The summed E-state index contributed by atoms with van der Waals surface area (Å²) in [5.74, 6) is -1.15. The standard InChI is InChI=1S/C7H8N2O4/c8-6(10)4-13-9-7(11)5-1-2-12-3-5/h1-3H,4H2,(H2,8,10)(H,9,11). The molecule has 0 atom stereocenters. The molecule has 0 spiro atoms. The average molecular weight is 184 g/mol. The molecule has 1 aromatic rings. The number of hydrogen-bond acceptors (Lipinski definition) is 4. The number of nitrogens with one attached hydrogen (secondary N) is 1. The highest BCUT2D eigenvalue weighted by Gasteiger charge is 2.06. The largest absolute Gasteiger partial charge is 0.472 e. The molecule has 0 fully saturated rings. The number of hydroxylamine groups is 1. The lowest BCUT2D eigenvalue weighted by Crippen LogP contribution is -2.29. The summed E-state index contributed by atoms with van der Waals surface area (Å²) in [4.78, 5) is 25.7. The van der Waals surface area contributed by atoms with Gasteiger partial charge in [0.05, 0.1) is 11.8 Å². The van der Waals surface area contributed by atoms with E-state index in [1.165, 1.54) is 18.6 Å². The Morgan fingerprint density at radius 2 is 2.38 bits per heavy atom. The zero-order valence-electron chi connectivity index (χ0n) is 6.65. The first-order valence-corrected chi connectivity index (χ1v) is 3.43. The number of carbonyl (C=O) groups excluding carboxylic acids is 2. The Labute approximate surface area is 73.6 Å². The molecule has 0 bridgehead atoms. The molecule has 6 heteroatoms. The van der Waals surface area contributed by atoms with Crippen LogP contribution in [0.5, 0.6) is 0 Å². The fraction of sp³-hybridized carbons (Fsp3) is 0.143. The molecule has 0 unspecified atom stereocenters. The lowest BCUT2D eigenvalue weighted by atomic mass is 10.3. The van der Waals surface area contributed by atoms with E-state index < -0.39 is 11.8 Å². The molecular weight excluding hydrogens is 176 g/mol. The maximum Gasteiger partial charge on any atom is 0.278 e. The summed E-state index contributed by atoms with van der Waals surface area (Å²) >= 11 is 0. The molecular formula is C7H8N2O4. The Bertz CT molecular complexity index is 293. The summed E-state index contributed by atoms with van der Waals surface area (Å²) in [5.41, 5.74) is 7.09. The SMILES string of the molecule is NC(=O)CONC(=O)c1ccoc1. The number of carbonyl (C=O) groups is 2. The van der Waals surface area contributed by atoms with Crippen LogP contribution in [-0.4, -0.2) is 18.4 Å². The minimum Gasteiger partial charge on any atom is -0.472 e. The van der Waals surface area contributed by atoms with Crippen molar-refractivity contribution in [3.8, 4) is 0 Å². The van der Waals surface area contributed by atoms with Crippen LogP contribution in [0.2, 0.25) is 0 Å². The Balaban J connectivity index is 2.31. The molecule has 70 valence electrons. The fourth-order valence-electron chi connectivity index (χ4n) is 0.625. The van der Waals surface area contributed by atoms with E-state index in [0.717, 1.165) is 0 Å². The summed E-state index contributed by atoms with van der Waals surface area (Å²) in [6.07, 6.45) is 2.60. The van der Waals surface area contributed by atoms with Gasteiger partial charge in [-0.25, -0.2) is 5.48 Å². The van der Waals surface area contributed by atoms with Crippen LogP contribution in [-0.2, 0) is 9.63 Å². The van der Waals surface area contributed by atoms with Crippen LogP contribution in [0.4, 0.5) is 0 Å². The third-order valence-corrected chi connectivity index (χ3v) is 1.16. The predicted molar refractivity (Wildman–Crippen MR) is 41.3 cm³/mol. The van der Waals surface area contributed by atoms with Crippen LogP contribution in [0.15, 0.2) is 23.0 Å². The second-order valence-corrected chi connectivity index (χ2v) is 2.20. The topological polar surface area (TPSA) is 94.6 Å². The molecule has 1 rings (SSSR count). The van der Waals surface area contributed by atoms with E-state index >= 15 is 0 Å². The van der Waals surface area contributed by atoms with Gasteiger partial charge in [0, 0.05) is 0 Å². The van der Waals surface area contributed by atoms with Crippen LogP contribution in [0.25, 0.3) is 0 Å². The average Bonchev–Trinajstić information content (AvgIpc) is 2.55. The Kier molecular flexibility index (Phi) is 3.04. The van der Waals surface area contributed by atoms with Crippen LogP contribution in [0.3, 0.4) is 0 Å². The summed E-state index contributed by atoms with van der Waals surface area (Å²) in [5, 5.41) is 0. The first kappa shape index (κ1) is 9.27. The van der Waals surface area contributed by atoms with Gasteiger partial charge in [-0.15, -0.1) is 0 Å². The van der Waals surface area contributed by atoms with Gasteiger partial charge in [-0.05, 0) is 6.07 Å². The highest BCUT2D eigenvalue weighted by atomic mass is 16.7. The smallest absolute Gasteiger partial charge is 0.278 e. The molecule has 0 saturated heterocycles. The quantitative estimate of drug-likeness (QED) is 0.612. The Morgan fingerprint density at radius 3 is 2.92 bits per heavy atom. The van der Waals surface area contributed by atoms with E-state index in [1.807, 2.05) is 5.48 Å². The number of nitrogens with two attached hydrogens (primary N) is 1. The predicted octanol–water partition coefficient (Wildman–Crippen LogP) is -0.574. The van der Waals surface area contributed by atoms with Crippen molar-refractivity contribution < 1.29 is 18.8 Å². The van der Waals surface area contributed by atoms with E-state index in [9.17, 15) is 9.59 Å². The normalized spacial score (nSPS) is 9.54. The van der Waals surface area contributed by atoms with Crippen molar-refractivity contribution in [2.24, 2.45) is 5.73 Å². The highest BCUT2D eigenvalue weighted by Crippen LogP contribution is 1.98. The number of primary amides is 1. The summed E-state index contributed by atoms with van der Waals surface area (Å²) < 4.78 is 4.66. The van der Waals surface area contributed by atoms with Gasteiger partial charge in [0.25, 0.3) is 5.91 Å². The van der Waals surface area contributed by atoms with Crippen molar-refractivity contribution in [1.82, 2.24) is 5.48 Å². The zero-order chi connectivity index (χ0) is 9.68. The van der Waals surface area contributed by atoms with Gasteiger partial charge < -0.3 is 10.2 Å². The van der Waals surface area contributed by atoms with Crippen LogP contribution < -0.4 is 11.2 Å². The molecule has 1 heterocycles. The van der Waals surface area contributed by atoms with Gasteiger partial charge in [-0.3, -0.25) is 14.4 Å². The van der Waals surface area contributed by atoms with Gasteiger partial charge in [0.15, 0.2) is 6.61 Å². The van der Waals surface area contributed by atoms with Gasteiger partial charge in [-0.2, -0.15) is 0 Å². The van der Waals surface area contributed by atoms with Crippen molar-refractivity contribution in [3.63, 3.8) is 0 Å². The van der Waals surface area contributed by atoms with Crippen molar-refractivity contribution in [2.45, 2.75) is 0 Å². The maximum atomic E-state index is 11.0.